The Bertz CT molecular complexity index is 697. The molecule has 0 saturated carbocycles. The Kier molecular flexibility index (Phi) is 5.24. The maximum atomic E-state index is 12.4. The van der Waals surface area contributed by atoms with Crippen LogP contribution in [0.15, 0.2) is 23.2 Å². The van der Waals surface area contributed by atoms with E-state index in [1.165, 1.54) is 11.3 Å². The van der Waals surface area contributed by atoms with Gasteiger partial charge in [-0.05, 0) is 18.9 Å². The number of nitrogens with zero attached hydrogens (tertiary/aromatic N) is 5. The average Bonchev–Trinajstić information content (AvgIpc) is 3.18. The van der Waals surface area contributed by atoms with Crippen LogP contribution in [0.3, 0.4) is 0 Å². The third kappa shape index (κ3) is 3.81. The van der Waals surface area contributed by atoms with Gasteiger partial charge in [-0.3, -0.25) is 14.3 Å². The minimum absolute atomic E-state index is 0.0413. The molecule has 2 aromatic heterocycles. The smallest absolute Gasteiger partial charge is 0.273 e. The lowest BCUT2D eigenvalue weighted by atomic mass is 10.2. The molecular formula is C16H21N5O2S. The first-order valence-electron chi connectivity index (χ1n) is 8.07. The summed E-state index contributed by atoms with van der Waals surface area (Å²) >= 11 is 1.42. The topological polar surface area (TPSA) is 71.3 Å². The van der Waals surface area contributed by atoms with Crippen molar-refractivity contribution in [3.63, 3.8) is 0 Å². The van der Waals surface area contributed by atoms with Gasteiger partial charge in [-0.1, -0.05) is 0 Å². The van der Waals surface area contributed by atoms with Crippen LogP contribution in [0.4, 0.5) is 0 Å². The third-order valence-corrected chi connectivity index (χ3v) is 4.89. The summed E-state index contributed by atoms with van der Waals surface area (Å²) in [6.45, 7) is 2.51. The standard InChI is InChI=1S/C16H21N5O2S/c1-19-13(5-6-18-19)3-4-15(22)20-7-2-8-21(10-9-20)16(23)14-11-24-12-17-14/h5-6,11-12H,2-4,7-10H2,1H3. The molecule has 0 aliphatic carbocycles. The van der Waals surface area contributed by atoms with Gasteiger partial charge >= 0.3 is 0 Å². The van der Waals surface area contributed by atoms with E-state index in [0.717, 1.165) is 12.1 Å². The maximum absolute atomic E-state index is 12.4. The molecule has 2 amide bonds. The number of rotatable bonds is 4. The number of aromatic nitrogens is 3. The Morgan fingerprint density at radius 1 is 1.21 bits per heavy atom. The Labute approximate surface area is 144 Å². The van der Waals surface area contributed by atoms with Crippen molar-refractivity contribution in [3.8, 4) is 0 Å². The molecule has 0 N–H and O–H groups in total. The molecule has 3 rings (SSSR count). The summed E-state index contributed by atoms with van der Waals surface area (Å²) in [5.41, 5.74) is 3.22. The minimum atomic E-state index is -0.0413. The molecule has 0 bridgehead atoms. The second-order valence-corrected chi connectivity index (χ2v) is 6.57. The normalized spacial score (nSPS) is 15.4. The molecule has 7 nitrogen and oxygen atoms in total. The molecule has 2 aromatic rings. The highest BCUT2D eigenvalue weighted by molar-refractivity contribution is 7.07. The van der Waals surface area contributed by atoms with Gasteiger partial charge in [0.1, 0.15) is 5.69 Å². The van der Waals surface area contributed by atoms with Crippen LogP contribution in [-0.2, 0) is 18.3 Å². The largest absolute Gasteiger partial charge is 0.341 e. The molecule has 0 spiro atoms. The molecular weight excluding hydrogens is 326 g/mol. The second kappa shape index (κ2) is 7.57. The van der Waals surface area contributed by atoms with E-state index in [4.69, 9.17) is 0 Å². The quantitative estimate of drug-likeness (QED) is 0.833. The van der Waals surface area contributed by atoms with E-state index < -0.39 is 0 Å². The van der Waals surface area contributed by atoms with Crippen LogP contribution in [0, 0.1) is 0 Å². The Balaban J connectivity index is 1.52. The molecule has 1 saturated heterocycles. The van der Waals surface area contributed by atoms with Gasteiger partial charge in [0.15, 0.2) is 0 Å². The van der Waals surface area contributed by atoms with E-state index in [0.29, 0.717) is 44.7 Å². The van der Waals surface area contributed by atoms with Gasteiger partial charge < -0.3 is 9.80 Å². The Hall–Kier alpha value is -2.22. The highest BCUT2D eigenvalue weighted by atomic mass is 32.1. The molecule has 8 heteroatoms. The summed E-state index contributed by atoms with van der Waals surface area (Å²) in [4.78, 5) is 32.6. The van der Waals surface area contributed by atoms with Crippen LogP contribution in [0.1, 0.15) is 29.0 Å². The van der Waals surface area contributed by atoms with Crippen LogP contribution >= 0.6 is 11.3 Å². The number of thiazole rings is 1. The van der Waals surface area contributed by atoms with Crippen LogP contribution < -0.4 is 0 Å². The fourth-order valence-corrected chi connectivity index (χ4v) is 3.42. The minimum Gasteiger partial charge on any atom is -0.341 e. The Morgan fingerprint density at radius 2 is 2.00 bits per heavy atom. The average molecular weight is 347 g/mol. The van der Waals surface area contributed by atoms with Crippen molar-refractivity contribution in [2.45, 2.75) is 19.3 Å². The van der Waals surface area contributed by atoms with Crippen molar-refractivity contribution < 1.29 is 9.59 Å². The van der Waals surface area contributed by atoms with E-state index >= 15 is 0 Å². The van der Waals surface area contributed by atoms with E-state index in [9.17, 15) is 9.59 Å². The van der Waals surface area contributed by atoms with Crippen molar-refractivity contribution in [1.29, 1.82) is 0 Å². The SMILES string of the molecule is Cn1nccc1CCC(=O)N1CCCN(C(=O)c2cscn2)CC1. The van der Waals surface area contributed by atoms with E-state index in [1.54, 1.807) is 26.7 Å². The maximum Gasteiger partial charge on any atom is 0.273 e. The number of carbonyl (C=O) groups is 2. The first-order valence-corrected chi connectivity index (χ1v) is 9.01. The summed E-state index contributed by atoms with van der Waals surface area (Å²) in [7, 11) is 1.88. The molecule has 0 unspecified atom stereocenters. The van der Waals surface area contributed by atoms with Crippen LogP contribution in [0.5, 0.6) is 0 Å². The fraction of sp³-hybridized carbons (Fsp3) is 0.500. The van der Waals surface area contributed by atoms with Crippen molar-refractivity contribution in [1.82, 2.24) is 24.6 Å². The zero-order chi connectivity index (χ0) is 16.9. The molecule has 0 atom stereocenters. The van der Waals surface area contributed by atoms with Crippen molar-refractivity contribution in [3.05, 3.63) is 34.5 Å². The molecule has 1 aliphatic rings. The van der Waals surface area contributed by atoms with Crippen LogP contribution in [0.25, 0.3) is 0 Å². The Morgan fingerprint density at radius 3 is 2.71 bits per heavy atom. The highest BCUT2D eigenvalue weighted by Gasteiger charge is 2.23. The number of hydrogen-bond donors (Lipinski definition) is 0. The van der Waals surface area contributed by atoms with Gasteiger partial charge in [0, 0.05) is 56.9 Å². The predicted octanol–water partition coefficient (Wildman–Crippen LogP) is 1.18. The van der Waals surface area contributed by atoms with Crippen LogP contribution in [0.2, 0.25) is 0 Å². The molecule has 0 radical (unpaired) electrons. The molecule has 1 fully saturated rings. The van der Waals surface area contributed by atoms with Gasteiger partial charge in [0.05, 0.1) is 5.51 Å². The summed E-state index contributed by atoms with van der Waals surface area (Å²) in [5, 5.41) is 5.89. The lowest BCUT2D eigenvalue weighted by Crippen LogP contribution is -2.37. The summed E-state index contributed by atoms with van der Waals surface area (Å²) in [5.74, 6) is 0.0968. The van der Waals surface area contributed by atoms with Crippen LogP contribution in [-0.4, -0.2) is 62.6 Å². The summed E-state index contributed by atoms with van der Waals surface area (Å²) < 4.78 is 1.80. The molecule has 0 aromatic carbocycles. The molecule has 3 heterocycles. The van der Waals surface area contributed by atoms with Gasteiger partial charge in [0.25, 0.3) is 5.91 Å². The lowest BCUT2D eigenvalue weighted by molar-refractivity contribution is -0.131. The van der Waals surface area contributed by atoms with E-state index in [-0.39, 0.29) is 11.8 Å². The zero-order valence-corrected chi connectivity index (χ0v) is 14.5. The number of hydrogen-bond acceptors (Lipinski definition) is 5. The molecule has 1 aliphatic heterocycles. The number of carbonyl (C=O) groups excluding carboxylic acids is 2. The highest BCUT2D eigenvalue weighted by Crippen LogP contribution is 2.11. The number of aryl methyl sites for hydroxylation is 2. The third-order valence-electron chi connectivity index (χ3n) is 4.30. The van der Waals surface area contributed by atoms with E-state index in [2.05, 4.69) is 10.1 Å². The summed E-state index contributed by atoms with van der Waals surface area (Å²) in [6.07, 6.45) is 3.70. The first-order chi connectivity index (χ1) is 11.6. The number of amides is 2. The van der Waals surface area contributed by atoms with Crippen molar-refractivity contribution in [2.75, 3.05) is 26.2 Å². The zero-order valence-electron chi connectivity index (χ0n) is 13.7. The van der Waals surface area contributed by atoms with E-state index in [1.807, 2.05) is 18.0 Å². The molecule has 24 heavy (non-hydrogen) atoms. The van der Waals surface area contributed by atoms with Gasteiger partial charge in [-0.25, -0.2) is 4.98 Å². The second-order valence-electron chi connectivity index (χ2n) is 5.85. The lowest BCUT2D eigenvalue weighted by Gasteiger charge is -2.21. The predicted molar refractivity (Wildman–Crippen MR) is 90.7 cm³/mol. The van der Waals surface area contributed by atoms with Crippen molar-refractivity contribution >= 4 is 23.2 Å². The van der Waals surface area contributed by atoms with Crippen molar-refractivity contribution in [2.24, 2.45) is 7.05 Å². The summed E-state index contributed by atoms with van der Waals surface area (Å²) in [6, 6.07) is 1.93. The van der Waals surface area contributed by atoms with Gasteiger partial charge in [0.2, 0.25) is 5.91 Å². The fourth-order valence-electron chi connectivity index (χ4n) is 2.89. The van der Waals surface area contributed by atoms with Gasteiger partial charge in [-0.15, -0.1) is 11.3 Å². The first kappa shape index (κ1) is 16.6. The monoisotopic (exact) mass is 347 g/mol. The molecule has 128 valence electrons. The van der Waals surface area contributed by atoms with Gasteiger partial charge in [-0.2, -0.15) is 5.10 Å².